The Morgan fingerprint density at radius 3 is 2.43 bits per heavy atom. The van der Waals surface area contributed by atoms with Gasteiger partial charge < -0.3 is 10.6 Å². The lowest BCUT2D eigenvalue weighted by atomic mass is 9.67. The summed E-state index contributed by atoms with van der Waals surface area (Å²) in [5, 5.41) is 7.09. The fourth-order valence-corrected chi connectivity index (χ4v) is 3.96. The van der Waals surface area contributed by atoms with Crippen molar-refractivity contribution in [2.75, 3.05) is 52.9 Å². The van der Waals surface area contributed by atoms with Crippen LogP contribution in [0.5, 0.6) is 0 Å². The Labute approximate surface area is 129 Å². The maximum Gasteiger partial charge on any atom is 0.191 e. The van der Waals surface area contributed by atoms with Gasteiger partial charge in [0.25, 0.3) is 0 Å². The summed E-state index contributed by atoms with van der Waals surface area (Å²) in [5.41, 5.74) is 0.538. The zero-order valence-electron chi connectivity index (χ0n) is 13.7. The summed E-state index contributed by atoms with van der Waals surface area (Å²) in [6.45, 7) is 10.6. The fourth-order valence-electron chi connectivity index (χ4n) is 3.96. The van der Waals surface area contributed by atoms with Crippen molar-refractivity contribution in [3.8, 4) is 0 Å². The Kier molecular flexibility index (Phi) is 4.69. The lowest BCUT2D eigenvalue weighted by Gasteiger charge is -2.47. The molecule has 1 saturated carbocycles. The summed E-state index contributed by atoms with van der Waals surface area (Å²) in [4.78, 5) is 9.60. The second-order valence-corrected chi connectivity index (χ2v) is 7.00. The van der Waals surface area contributed by atoms with E-state index in [-0.39, 0.29) is 0 Å². The third-order valence-electron chi connectivity index (χ3n) is 5.92. The van der Waals surface area contributed by atoms with Crippen molar-refractivity contribution in [1.82, 2.24) is 20.4 Å². The van der Waals surface area contributed by atoms with Crippen molar-refractivity contribution in [3.05, 3.63) is 0 Å². The third-order valence-corrected chi connectivity index (χ3v) is 5.92. The highest BCUT2D eigenvalue weighted by Crippen LogP contribution is 2.42. The van der Waals surface area contributed by atoms with Crippen LogP contribution in [0.4, 0.5) is 0 Å². The summed E-state index contributed by atoms with van der Waals surface area (Å²) in [6, 6.07) is 0.648. The summed E-state index contributed by atoms with van der Waals surface area (Å²) in [7, 11) is 1.88. The van der Waals surface area contributed by atoms with E-state index < -0.39 is 0 Å². The summed E-state index contributed by atoms with van der Waals surface area (Å²) in [6.07, 6.45) is 5.43. The number of hydrogen-bond donors (Lipinski definition) is 2. The Bertz CT molecular complexity index is 363. The molecule has 4 aliphatic rings. The number of nitrogens with one attached hydrogen (secondary N) is 2. The maximum atomic E-state index is 4.39. The first kappa shape index (κ1) is 15.1. The van der Waals surface area contributed by atoms with Gasteiger partial charge in [0.15, 0.2) is 5.96 Å². The molecule has 0 amide bonds. The number of nitrogens with zero attached hydrogens (tertiary/aromatic N) is 3. The molecule has 0 spiro atoms. The molecule has 1 unspecified atom stereocenters. The number of hydrogen-bond acceptors (Lipinski definition) is 3. The summed E-state index contributed by atoms with van der Waals surface area (Å²) < 4.78 is 0. The van der Waals surface area contributed by atoms with Crippen LogP contribution >= 0.6 is 0 Å². The van der Waals surface area contributed by atoms with Gasteiger partial charge in [0, 0.05) is 58.9 Å². The van der Waals surface area contributed by atoms with E-state index in [4.69, 9.17) is 0 Å². The van der Waals surface area contributed by atoms with Gasteiger partial charge in [-0.3, -0.25) is 14.8 Å². The van der Waals surface area contributed by atoms with Gasteiger partial charge in [0.1, 0.15) is 0 Å². The van der Waals surface area contributed by atoms with Crippen molar-refractivity contribution in [2.24, 2.45) is 10.4 Å². The SMILES string of the molecule is CCC1(CNC(=NC)NCC2CN3CCN2CC3)CCC1. The first-order valence-electron chi connectivity index (χ1n) is 8.66. The number of piperazine rings is 3. The molecule has 1 atom stereocenters. The molecule has 0 aromatic carbocycles. The molecule has 0 aromatic heterocycles. The van der Waals surface area contributed by atoms with Crippen molar-refractivity contribution < 1.29 is 0 Å². The predicted molar refractivity (Wildman–Crippen MR) is 87.7 cm³/mol. The van der Waals surface area contributed by atoms with Crippen molar-refractivity contribution in [3.63, 3.8) is 0 Å². The van der Waals surface area contributed by atoms with Crippen LogP contribution in [-0.4, -0.2) is 74.7 Å². The van der Waals surface area contributed by atoms with E-state index in [2.05, 4.69) is 32.3 Å². The lowest BCUT2D eigenvalue weighted by molar-refractivity contribution is 0.0154. The molecule has 120 valence electrons. The third kappa shape index (κ3) is 3.34. The maximum absolute atomic E-state index is 4.39. The van der Waals surface area contributed by atoms with E-state index in [0.717, 1.165) is 19.0 Å². The smallest absolute Gasteiger partial charge is 0.191 e. The number of rotatable bonds is 5. The van der Waals surface area contributed by atoms with Crippen molar-refractivity contribution in [2.45, 2.75) is 38.6 Å². The second kappa shape index (κ2) is 6.53. The van der Waals surface area contributed by atoms with E-state index in [1.165, 1.54) is 58.4 Å². The monoisotopic (exact) mass is 293 g/mol. The first-order valence-corrected chi connectivity index (χ1v) is 8.66. The Morgan fingerprint density at radius 1 is 1.19 bits per heavy atom. The average molecular weight is 293 g/mol. The molecule has 0 radical (unpaired) electrons. The van der Waals surface area contributed by atoms with Gasteiger partial charge in [-0.25, -0.2) is 0 Å². The van der Waals surface area contributed by atoms with Crippen LogP contribution in [-0.2, 0) is 0 Å². The van der Waals surface area contributed by atoms with Crippen LogP contribution in [0.15, 0.2) is 4.99 Å². The molecule has 2 bridgehead atoms. The van der Waals surface area contributed by atoms with E-state index >= 15 is 0 Å². The minimum Gasteiger partial charge on any atom is -0.356 e. The van der Waals surface area contributed by atoms with Crippen LogP contribution in [0.2, 0.25) is 0 Å². The Hall–Kier alpha value is -0.810. The molecule has 4 rings (SSSR count). The van der Waals surface area contributed by atoms with E-state index in [1.807, 2.05) is 7.05 Å². The van der Waals surface area contributed by atoms with Gasteiger partial charge >= 0.3 is 0 Å². The lowest BCUT2D eigenvalue weighted by Crippen LogP contribution is -2.64. The van der Waals surface area contributed by atoms with Gasteiger partial charge in [-0.2, -0.15) is 0 Å². The molecule has 3 aliphatic heterocycles. The highest BCUT2D eigenvalue weighted by molar-refractivity contribution is 5.79. The van der Waals surface area contributed by atoms with Crippen LogP contribution < -0.4 is 10.6 Å². The van der Waals surface area contributed by atoms with Crippen LogP contribution in [0, 0.1) is 5.41 Å². The molecular weight excluding hydrogens is 262 g/mol. The van der Waals surface area contributed by atoms with Crippen molar-refractivity contribution in [1.29, 1.82) is 0 Å². The number of fused-ring (bicyclic) bond motifs is 3. The molecule has 5 nitrogen and oxygen atoms in total. The Balaban J connectivity index is 1.43. The minimum atomic E-state index is 0.538. The number of guanidine groups is 1. The first-order chi connectivity index (χ1) is 10.2. The van der Waals surface area contributed by atoms with Gasteiger partial charge in [0.05, 0.1) is 0 Å². The topological polar surface area (TPSA) is 42.9 Å². The molecule has 3 heterocycles. The molecular formula is C16H31N5. The second-order valence-electron chi connectivity index (χ2n) is 7.00. The highest BCUT2D eigenvalue weighted by Gasteiger charge is 2.35. The van der Waals surface area contributed by atoms with Gasteiger partial charge in [-0.1, -0.05) is 13.3 Å². The highest BCUT2D eigenvalue weighted by atomic mass is 15.4. The Morgan fingerprint density at radius 2 is 1.95 bits per heavy atom. The molecule has 5 heteroatoms. The summed E-state index contributed by atoms with van der Waals surface area (Å²) in [5.74, 6) is 0.979. The zero-order chi connectivity index (χ0) is 14.7. The van der Waals surface area contributed by atoms with Gasteiger partial charge in [-0.15, -0.1) is 0 Å². The summed E-state index contributed by atoms with van der Waals surface area (Å²) >= 11 is 0. The quantitative estimate of drug-likeness (QED) is 0.579. The van der Waals surface area contributed by atoms with Gasteiger partial charge in [0.2, 0.25) is 0 Å². The average Bonchev–Trinajstić information content (AvgIpc) is 2.50. The normalized spacial score (nSPS) is 34.4. The molecule has 4 fully saturated rings. The standard InChI is InChI=1S/C16H31N5/c1-3-16(5-4-6-16)13-19-15(17-2)18-11-14-12-20-7-9-21(14)10-8-20/h14H,3-13H2,1-2H3,(H2,17,18,19). The van der Waals surface area contributed by atoms with Gasteiger partial charge in [-0.05, 0) is 24.7 Å². The van der Waals surface area contributed by atoms with E-state index in [9.17, 15) is 0 Å². The fraction of sp³-hybridized carbons (Fsp3) is 0.938. The van der Waals surface area contributed by atoms with Crippen LogP contribution in [0.1, 0.15) is 32.6 Å². The van der Waals surface area contributed by atoms with Crippen LogP contribution in [0.25, 0.3) is 0 Å². The zero-order valence-corrected chi connectivity index (χ0v) is 13.7. The predicted octanol–water partition coefficient (Wildman–Crippen LogP) is 0.732. The van der Waals surface area contributed by atoms with E-state index in [1.54, 1.807) is 0 Å². The molecule has 1 aliphatic carbocycles. The van der Waals surface area contributed by atoms with E-state index in [0.29, 0.717) is 11.5 Å². The van der Waals surface area contributed by atoms with Crippen LogP contribution in [0.3, 0.4) is 0 Å². The minimum absolute atomic E-state index is 0.538. The molecule has 21 heavy (non-hydrogen) atoms. The molecule has 3 saturated heterocycles. The van der Waals surface area contributed by atoms with Crippen molar-refractivity contribution >= 4 is 5.96 Å². The largest absolute Gasteiger partial charge is 0.356 e. The number of aliphatic imine (C=N–C) groups is 1. The molecule has 0 aromatic rings. The molecule has 2 N–H and O–H groups in total.